The summed E-state index contributed by atoms with van der Waals surface area (Å²) in [5.41, 5.74) is 2.09. The minimum absolute atomic E-state index is 0.0178. The van der Waals surface area contributed by atoms with E-state index in [-0.39, 0.29) is 11.9 Å². The van der Waals surface area contributed by atoms with Gasteiger partial charge in [0, 0.05) is 24.8 Å². The van der Waals surface area contributed by atoms with Crippen LogP contribution in [-0.2, 0) is 4.79 Å². The van der Waals surface area contributed by atoms with Gasteiger partial charge in [-0.1, -0.05) is 0 Å². The molecule has 1 aliphatic carbocycles. The van der Waals surface area contributed by atoms with Crippen molar-refractivity contribution < 1.29 is 18.7 Å². The highest BCUT2D eigenvalue weighted by Gasteiger charge is 2.24. The molecule has 158 valence electrons. The molecular formula is C22H21N5O4. The van der Waals surface area contributed by atoms with Crippen molar-refractivity contribution in [3.8, 4) is 23.2 Å². The maximum absolute atomic E-state index is 11.4. The lowest BCUT2D eigenvalue weighted by Gasteiger charge is -2.11. The maximum Gasteiger partial charge on any atom is 0.231 e. The molecule has 6 rings (SSSR count). The molecule has 1 atom stereocenters. The Hall–Kier alpha value is -3.62. The standard InChI is InChI=1S/C22H21N5O4/c28-20-5-3-14(25-20)12-29-21-6-4-19-24-10-16(27(19)26-21)18-9-15-17(31-18)7-8-23-22(15)30-11-13-1-2-13/h4,6-10,13-14H,1-3,5,11-12H2,(H,25,28). The number of rotatable bonds is 7. The van der Waals surface area contributed by atoms with Crippen molar-refractivity contribution in [3.63, 3.8) is 0 Å². The normalized spacial score (nSPS) is 18.6. The SMILES string of the molecule is O=C1CCC(COc2ccc3ncc(-c4cc5c(OCC6CC6)nccc5o4)n3n2)N1. The molecule has 1 unspecified atom stereocenters. The molecule has 0 spiro atoms. The Bertz CT molecular complexity index is 1280. The molecule has 2 fully saturated rings. The van der Waals surface area contributed by atoms with E-state index in [1.165, 1.54) is 12.8 Å². The van der Waals surface area contributed by atoms with Crippen LogP contribution < -0.4 is 14.8 Å². The molecular weight excluding hydrogens is 398 g/mol. The number of furan rings is 1. The third-order valence-electron chi connectivity index (χ3n) is 5.67. The van der Waals surface area contributed by atoms with Gasteiger partial charge in [-0.15, -0.1) is 5.10 Å². The summed E-state index contributed by atoms with van der Waals surface area (Å²) < 4.78 is 19.5. The van der Waals surface area contributed by atoms with Crippen LogP contribution in [0, 0.1) is 5.92 Å². The van der Waals surface area contributed by atoms with E-state index in [0.29, 0.717) is 60.0 Å². The molecule has 2 aliphatic rings. The highest BCUT2D eigenvalue weighted by atomic mass is 16.5. The van der Waals surface area contributed by atoms with Gasteiger partial charge in [0.25, 0.3) is 0 Å². The zero-order valence-electron chi connectivity index (χ0n) is 16.8. The summed E-state index contributed by atoms with van der Waals surface area (Å²) >= 11 is 0. The number of carbonyl (C=O) groups is 1. The Morgan fingerprint density at radius 2 is 2.06 bits per heavy atom. The lowest BCUT2D eigenvalue weighted by atomic mass is 10.2. The number of nitrogens with one attached hydrogen (secondary N) is 1. The molecule has 4 aromatic rings. The summed E-state index contributed by atoms with van der Waals surface area (Å²) in [6, 6.07) is 7.37. The van der Waals surface area contributed by atoms with Crippen LogP contribution in [0.5, 0.6) is 11.8 Å². The molecule has 9 nitrogen and oxygen atoms in total. The lowest BCUT2D eigenvalue weighted by molar-refractivity contribution is -0.119. The first-order valence-electron chi connectivity index (χ1n) is 10.5. The molecule has 9 heteroatoms. The van der Waals surface area contributed by atoms with Gasteiger partial charge < -0.3 is 19.2 Å². The van der Waals surface area contributed by atoms with Gasteiger partial charge in [-0.25, -0.2) is 14.5 Å². The zero-order chi connectivity index (χ0) is 20.8. The van der Waals surface area contributed by atoms with Crippen LogP contribution in [0.25, 0.3) is 28.1 Å². The first-order chi connectivity index (χ1) is 15.2. The first kappa shape index (κ1) is 18.2. The second-order valence-electron chi connectivity index (χ2n) is 8.09. The van der Waals surface area contributed by atoms with Crippen molar-refractivity contribution in [1.29, 1.82) is 0 Å². The van der Waals surface area contributed by atoms with Crippen molar-refractivity contribution in [3.05, 3.63) is 36.7 Å². The quantitative estimate of drug-likeness (QED) is 0.491. The maximum atomic E-state index is 11.4. The van der Waals surface area contributed by atoms with Crippen molar-refractivity contribution in [2.24, 2.45) is 5.92 Å². The summed E-state index contributed by atoms with van der Waals surface area (Å²) in [6.07, 6.45) is 7.17. The van der Waals surface area contributed by atoms with Crippen molar-refractivity contribution >= 4 is 22.5 Å². The van der Waals surface area contributed by atoms with E-state index in [4.69, 9.17) is 13.9 Å². The molecule has 0 bridgehead atoms. The molecule has 1 saturated heterocycles. The summed E-state index contributed by atoms with van der Waals surface area (Å²) in [5, 5.41) is 8.29. The molecule has 0 radical (unpaired) electrons. The summed E-state index contributed by atoms with van der Waals surface area (Å²) in [5.74, 6) is 2.37. The van der Waals surface area contributed by atoms with Crippen LogP contribution in [0.1, 0.15) is 25.7 Å². The fraction of sp³-hybridized carbons (Fsp3) is 0.364. The van der Waals surface area contributed by atoms with Gasteiger partial charge >= 0.3 is 0 Å². The Balaban J connectivity index is 1.29. The van der Waals surface area contributed by atoms with Crippen molar-refractivity contribution in [2.75, 3.05) is 13.2 Å². The van der Waals surface area contributed by atoms with Crippen LogP contribution in [0.2, 0.25) is 0 Å². The van der Waals surface area contributed by atoms with Gasteiger partial charge in [-0.2, -0.15) is 0 Å². The van der Waals surface area contributed by atoms with E-state index in [0.717, 1.165) is 11.8 Å². The molecule has 0 aromatic carbocycles. The number of hydrogen-bond donors (Lipinski definition) is 1. The average molecular weight is 419 g/mol. The minimum atomic E-state index is 0.0178. The number of amides is 1. The Morgan fingerprint density at radius 3 is 2.90 bits per heavy atom. The van der Waals surface area contributed by atoms with E-state index < -0.39 is 0 Å². The fourth-order valence-corrected chi connectivity index (χ4v) is 3.75. The molecule has 31 heavy (non-hydrogen) atoms. The molecule has 1 amide bonds. The smallest absolute Gasteiger partial charge is 0.231 e. The topological polar surface area (TPSA) is 104 Å². The Labute approximate surface area is 177 Å². The molecule has 1 N–H and O–H groups in total. The number of aromatic nitrogens is 4. The first-order valence-corrected chi connectivity index (χ1v) is 10.5. The third kappa shape index (κ3) is 3.56. The predicted octanol–water partition coefficient (Wildman–Crippen LogP) is 2.98. The number of imidazole rings is 1. The molecule has 1 aliphatic heterocycles. The van der Waals surface area contributed by atoms with Crippen LogP contribution in [0.4, 0.5) is 0 Å². The number of nitrogens with zero attached hydrogens (tertiary/aromatic N) is 4. The monoisotopic (exact) mass is 419 g/mol. The van der Waals surface area contributed by atoms with Crippen LogP contribution >= 0.6 is 0 Å². The number of hydrogen-bond acceptors (Lipinski definition) is 7. The fourth-order valence-electron chi connectivity index (χ4n) is 3.75. The Kier molecular flexibility index (Phi) is 4.26. The lowest BCUT2D eigenvalue weighted by Crippen LogP contribution is -2.31. The summed E-state index contributed by atoms with van der Waals surface area (Å²) in [6.45, 7) is 1.07. The van der Waals surface area contributed by atoms with E-state index in [2.05, 4.69) is 20.4 Å². The van der Waals surface area contributed by atoms with Crippen molar-refractivity contribution in [1.82, 2.24) is 24.9 Å². The highest BCUT2D eigenvalue weighted by molar-refractivity contribution is 5.86. The summed E-state index contributed by atoms with van der Waals surface area (Å²) in [4.78, 5) is 20.2. The largest absolute Gasteiger partial charge is 0.477 e. The molecule has 5 heterocycles. The molecule has 4 aromatic heterocycles. The number of pyridine rings is 1. The van der Waals surface area contributed by atoms with Gasteiger partial charge in [0.15, 0.2) is 11.4 Å². The van der Waals surface area contributed by atoms with Crippen molar-refractivity contribution in [2.45, 2.75) is 31.7 Å². The van der Waals surface area contributed by atoms with E-state index in [1.807, 2.05) is 18.2 Å². The van der Waals surface area contributed by atoms with E-state index in [1.54, 1.807) is 23.0 Å². The van der Waals surface area contributed by atoms with Gasteiger partial charge in [0.1, 0.15) is 17.9 Å². The predicted molar refractivity (Wildman–Crippen MR) is 111 cm³/mol. The van der Waals surface area contributed by atoms with Crippen LogP contribution in [0.3, 0.4) is 0 Å². The highest BCUT2D eigenvalue weighted by Crippen LogP contribution is 2.34. The third-order valence-corrected chi connectivity index (χ3v) is 5.67. The second-order valence-corrected chi connectivity index (χ2v) is 8.09. The number of fused-ring (bicyclic) bond motifs is 2. The minimum Gasteiger partial charge on any atom is -0.477 e. The van der Waals surface area contributed by atoms with E-state index >= 15 is 0 Å². The van der Waals surface area contributed by atoms with Crippen LogP contribution in [-0.4, -0.2) is 44.7 Å². The Morgan fingerprint density at radius 1 is 1.13 bits per heavy atom. The average Bonchev–Trinajstić information content (AvgIpc) is 3.16. The number of carbonyl (C=O) groups excluding carboxylic acids is 1. The second kappa shape index (κ2) is 7.26. The summed E-state index contributed by atoms with van der Waals surface area (Å²) in [7, 11) is 0. The molecule has 1 saturated carbocycles. The number of ether oxygens (including phenoxy) is 2. The van der Waals surface area contributed by atoms with Gasteiger partial charge in [-0.05, 0) is 37.3 Å². The van der Waals surface area contributed by atoms with Gasteiger partial charge in [0.2, 0.25) is 17.7 Å². The van der Waals surface area contributed by atoms with Gasteiger partial charge in [0.05, 0.1) is 24.2 Å². The van der Waals surface area contributed by atoms with E-state index in [9.17, 15) is 4.79 Å². The van der Waals surface area contributed by atoms with Gasteiger partial charge in [-0.3, -0.25) is 4.79 Å². The zero-order valence-corrected chi connectivity index (χ0v) is 16.8. The van der Waals surface area contributed by atoms with Crippen LogP contribution in [0.15, 0.2) is 41.1 Å².